The third kappa shape index (κ3) is 5.84. The van der Waals surface area contributed by atoms with Crippen LogP contribution in [0.15, 0.2) is 54.6 Å². The molecule has 4 nitrogen and oxygen atoms in total. The summed E-state index contributed by atoms with van der Waals surface area (Å²) in [6, 6.07) is 17.0. The lowest BCUT2D eigenvalue weighted by molar-refractivity contribution is -0.0574. The highest BCUT2D eigenvalue weighted by atomic mass is 16.5. The summed E-state index contributed by atoms with van der Waals surface area (Å²) in [5.74, 6) is 2.43. The number of ether oxygens (including phenoxy) is 2. The summed E-state index contributed by atoms with van der Waals surface area (Å²) in [5.41, 5.74) is 3.51. The summed E-state index contributed by atoms with van der Waals surface area (Å²) >= 11 is 0. The predicted octanol–water partition coefficient (Wildman–Crippen LogP) is 5.98. The molecule has 3 atom stereocenters. The average Bonchev–Trinajstić information content (AvgIpc) is 2.85. The predicted molar refractivity (Wildman–Crippen MR) is 139 cm³/mol. The summed E-state index contributed by atoms with van der Waals surface area (Å²) in [4.78, 5) is 2.38. The van der Waals surface area contributed by atoms with Crippen molar-refractivity contribution in [1.29, 1.82) is 0 Å². The summed E-state index contributed by atoms with van der Waals surface area (Å²) < 4.78 is 11.4. The van der Waals surface area contributed by atoms with E-state index in [1.807, 2.05) is 19.9 Å². The second-order valence-electron chi connectivity index (χ2n) is 9.98. The number of rotatable bonds is 12. The zero-order valence-corrected chi connectivity index (χ0v) is 21.1. The van der Waals surface area contributed by atoms with E-state index in [1.165, 1.54) is 23.1 Å². The highest BCUT2D eigenvalue weighted by Gasteiger charge is 2.46. The van der Waals surface area contributed by atoms with Crippen molar-refractivity contribution < 1.29 is 14.6 Å². The molecule has 3 aliphatic rings. The monoisotopic (exact) mass is 463 g/mol. The second-order valence-corrected chi connectivity index (χ2v) is 9.98. The summed E-state index contributed by atoms with van der Waals surface area (Å²) in [6.07, 6.45) is 8.54. The molecule has 3 aliphatic carbocycles. The number of hydrogen-bond donors (Lipinski definition) is 1. The molecule has 0 aromatic heterocycles. The number of allylic oxidation sites excluding steroid dienone is 1. The minimum Gasteiger partial charge on any atom is -0.490 e. The van der Waals surface area contributed by atoms with Crippen LogP contribution in [0.25, 0.3) is 5.57 Å². The minimum atomic E-state index is -0.559. The second kappa shape index (κ2) is 11.4. The highest BCUT2D eigenvalue weighted by molar-refractivity contribution is 5.69. The van der Waals surface area contributed by atoms with Gasteiger partial charge in [0.2, 0.25) is 0 Å². The Morgan fingerprint density at radius 2 is 1.74 bits per heavy atom. The Labute approximate surface area is 205 Å². The maximum absolute atomic E-state index is 11.5. The van der Waals surface area contributed by atoms with Gasteiger partial charge in [0.15, 0.2) is 11.5 Å². The number of fused-ring (bicyclic) bond motifs is 2. The topological polar surface area (TPSA) is 41.9 Å². The van der Waals surface area contributed by atoms with Gasteiger partial charge in [-0.25, -0.2) is 0 Å². The van der Waals surface area contributed by atoms with Crippen molar-refractivity contribution in [3.8, 4) is 11.5 Å². The van der Waals surface area contributed by atoms with Crippen molar-refractivity contribution in [2.75, 3.05) is 33.4 Å². The Morgan fingerprint density at radius 3 is 2.44 bits per heavy atom. The van der Waals surface area contributed by atoms with E-state index in [-0.39, 0.29) is 5.92 Å². The fraction of sp³-hybridized carbons (Fsp3) is 0.533. The molecule has 1 N–H and O–H groups in total. The van der Waals surface area contributed by atoms with Crippen LogP contribution in [0.1, 0.15) is 57.1 Å². The van der Waals surface area contributed by atoms with E-state index < -0.39 is 5.60 Å². The molecule has 1 fully saturated rings. The van der Waals surface area contributed by atoms with Gasteiger partial charge >= 0.3 is 0 Å². The molecule has 184 valence electrons. The van der Waals surface area contributed by atoms with Gasteiger partial charge in [-0.1, -0.05) is 42.5 Å². The van der Waals surface area contributed by atoms with Crippen molar-refractivity contribution in [3.05, 3.63) is 65.7 Å². The Balaban J connectivity index is 1.27. The van der Waals surface area contributed by atoms with E-state index in [1.54, 1.807) is 0 Å². The van der Waals surface area contributed by atoms with Crippen LogP contribution in [0.3, 0.4) is 0 Å². The molecular weight excluding hydrogens is 422 g/mol. The van der Waals surface area contributed by atoms with Crippen molar-refractivity contribution >= 4 is 5.57 Å². The number of nitrogens with zero attached hydrogens (tertiary/aromatic N) is 1. The standard InChI is InChI=1S/C30H41NO3/c1-4-33-28-16-13-23(20-29(28)34-5-2)10-9-18-31(3)19-17-30(32)22-25-14-15-26(30)21-27(25)24-11-7-6-8-12-24/h6-8,11-13,16,20-21,25-26,32H,4-5,9-10,14-15,17-19,22H2,1-3H3/t25-,26-,30+/m0/s1. The first kappa shape index (κ1) is 24.8. The number of aliphatic hydroxyl groups is 1. The van der Waals surface area contributed by atoms with Crippen molar-refractivity contribution in [3.63, 3.8) is 0 Å². The molecule has 4 heteroatoms. The molecule has 2 aromatic rings. The molecule has 0 amide bonds. The van der Waals surface area contributed by atoms with Crippen molar-refractivity contribution in [2.45, 2.75) is 58.0 Å². The zero-order chi connectivity index (χ0) is 24.0. The molecule has 0 radical (unpaired) electrons. The normalized spacial score (nSPS) is 23.7. The van der Waals surface area contributed by atoms with Crippen molar-refractivity contribution in [2.24, 2.45) is 11.8 Å². The molecule has 34 heavy (non-hydrogen) atoms. The molecule has 0 heterocycles. The Bertz CT molecular complexity index is 957. The van der Waals surface area contributed by atoms with Gasteiger partial charge in [0.05, 0.1) is 18.8 Å². The third-order valence-corrected chi connectivity index (χ3v) is 7.58. The van der Waals surface area contributed by atoms with E-state index in [0.29, 0.717) is 19.1 Å². The van der Waals surface area contributed by atoms with Crippen LogP contribution in [0.4, 0.5) is 0 Å². The Kier molecular flexibility index (Phi) is 8.33. The summed E-state index contributed by atoms with van der Waals surface area (Å²) in [6.45, 7) is 7.23. The molecule has 0 aliphatic heterocycles. The van der Waals surface area contributed by atoms with Crippen LogP contribution in [-0.2, 0) is 6.42 Å². The first-order chi connectivity index (χ1) is 16.5. The van der Waals surface area contributed by atoms with E-state index in [0.717, 1.165) is 56.7 Å². The van der Waals surface area contributed by atoms with E-state index in [2.05, 4.69) is 60.5 Å². The number of hydrogen-bond acceptors (Lipinski definition) is 4. The van der Waals surface area contributed by atoms with E-state index in [4.69, 9.17) is 9.47 Å². The first-order valence-electron chi connectivity index (χ1n) is 13.1. The van der Waals surface area contributed by atoms with Crippen LogP contribution in [0.5, 0.6) is 11.5 Å². The van der Waals surface area contributed by atoms with Crippen LogP contribution < -0.4 is 9.47 Å². The molecule has 0 saturated heterocycles. The van der Waals surface area contributed by atoms with Gasteiger partial charge in [-0.15, -0.1) is 0 Å². The lowest BCUT2D eigenvalue weighted by Crippen LogP contribution is -2.48. The molecule has 0 spiro atoms. The van der Waals surface area contributed by atoms with Gasteiger partial charge in [-0.3, -0.25) is 0 Å². The largest absolute Gasteiger partial charge is 0.490 e. The SMILES string of the molecule is CCOc1ccc(CCCN(C)CC[C@@]2(O)C[C@@H]3CC[C@H]2C=C3c2ccccc2)cc1OCC. The van der Waals surface area contributed by atoms with Gasteiger partial charge in [-0.05, 0) is 101 Å². The fourth-order valence-corrected chi connectivity index (χ4v) is 5.74. The lowest BCUT2D eigenvalue weighted by Gasteiger charge is -2.48. The lowest BCUT2D eigenvalue weighted by atomic mass is 9.61. The smallest absolute Gasteiger partial charge is 0.161 e. The first-order valence-corrected chi connectivity index (χ1v) is 13.1. The zero-order valence-electron chi connectivity index (χ0n) is 21.1. The van der Waals surface area contributed by atoms with Gasteiger partial charge in [-0.2, -0.15) is 0 Å². The summed E-state index contributed by atoms with van der Waals surface area (Å²) in [5, 5.41) is 11.5. The van der Waals surface area contributed by atoms with Crippen LogP contribution in [0, 0.1) is 11.8 Å². The average molecular weight is 464 g/mol. The number of aryl methyl sites for hydroxylation is 1. The molecule has 2 bridgehead atoms. The Hall–Kier alpha value is -2.30. The van der Waals surface area contributed by atoms with Gasteiger partial charge in [0.25, 0.3) is 0 Å². The molecule has 2 aromatic carbocycles. The van der Waals surface area contributed by atoms with Gasteiger partial charge in [0.1, 0.15) is 0 Å². The molecular formula is C30H41NO3. The van der Waals surface area contributed by atoms with E-state index in [9.17, 15) is 5.11 Å². The maximum Gasteiger partial charge on any atom is 0.161 e. The molecule has 0 unspecified atom stereocenters. The van der Waals surface area contributed by atoms with Crippen molar-refractivity contribution in [1.82, 2.24) is 4.90 Å². The molecule has 1 saturated carbocycles. The highest BCUT2D eigenvalue weighted by Crippen LogP contribution is 2.51. The fourth-order valence-electron chi connectivity index (χ4n) is 5.74. The number of benzene rings is 2. The summed E-state index contributed by atoms with van der Waals surface area (Å²) in [7, 11) is 2.18. The van der Waals surface area contributed by atoms with Crippen LogP contribution in [-0.4, -0.2) is 49.0 Å². The van der Waals surface area contributed by atoms with Crippen LogP contribution >= 0.6 is 0 Å². The Morgan fingerprint density at radius 1 is 0.971 bits per heavy atom. The van der Waals surface area contributed by atoms with E-state index >= 15 is 0 Å². The maximum atomic E-state index is 11.5. The minimum absolute atomic E-state index is 0.280. The quantitative estimate of drug-likeness (QED) is 0.420. The molecule has 5 rings (SSSR count). The van der Waals surface area contributed by atoms with Gasteiger partial charge in [0, 0.05) is 12.5 Å². The van der Waals surface area contributed by atoms with Crippen LogP contribution in [0.2, 0.25) is 0 Å². The third-order valence-electron chi connectivity index (χ3n) is 7.58. The van der Waals surface area contributed by atoms with Gasteiger partial charge < -0.3 is 19.5 Å².